The summed E-state index contributed by atoms with van der Waals surface area (Å²) in [6, 6.07) is 15.6. The van der Waals surface area contributed by atoms with E-state index in [0.717, 1.165) is 80.6 Å². The quantitative estimate of drug-likeness (QED) is 0.362. The van der Waals surface area contributed by atoms with Gasteiger partial charge in [-0.05, 0) is 89.4 Å². The molecule has 0 radical (unpaired) electrons. The maximum atomic E-state index is 10.2. The molecule has 1 aromatic heterocycles. The van der Waals surface area contributed by atoms with E-state index < -0.39 is 5.60 Å². The molecule has 7 nitrogen and oxygen atoms in total. The van der Waals surface area contributed by atoms with E-state index in [-0.39, 0.29) is 6.04 Å². The van der Waals surface area contributed by atoms with E-state index in [9.17, 15) is 5.11 Å². The lowest BCUT2D eigenvalue weighted by atomic mass is 9.93. The molecule has 3 aromatic rings. The lowest BCUT2D eigenvalue weighted by molar-refractivity contribution is 0.0248. The zero-order chi connectivity index (χ0) is 26.7. The number of hydrogen-bond acceptors (Lipinski definition) is 7. The third-order valence-electron chi connectivity index (χ3n) is 7.28. The third-order valence-corrected chi connectivity index (χ3v) is 7.52. The fraction of sp³-hybridized carbons (Fsp3) is 0.467. The largest absolute Gasteiger partial charge is 0.457 e. The molecule has 0 aliphatic carbocycles. The summed E-state index contributed by atoms with van der Waals surface area (Å²) in [5, 5.41) is 14.5. The van der Waals surface area contributed by atoms with Gasteiger partial charge in [0.2, 0.25) is 0 Å². The minimum Gasteiger partial charge on any atom is -0.457 e. The molecular weight excluding hydrogens is 498 g/mol. The third kappa shape index (κ3) is 6.95. The number of anilines is 2. The Morgan fingerprint density at radius 3 is 2.53 bits per heavy atom. The number of hydrogen-bond donors (Lipinski definition) is 2. The Labute approximate surface area is 230 Å². The highest BCUT2D eigenvalue weighted by Gasteiger charge is 2.30. The maximum Gasteiger partial charge on any atom is 0.137 e. The first kappa shape index (κ1) is 26.7. The summed E-state index contributed by atoms with van der Waals surface area (Å²) in [4.78, 5) is 14.3. The molecular formula is C30H38ClN5O2. The fourth-order valence-electron chi connectivity index (χ4n) is 5.54. The van der Waals surface area contributed by atoms with Crippen LogP contribution in [0.3, 0.4) is 0 Å². The van der Waals surface area contributed by atoms with Crippen molar-refractivity contribution in [3.63, 3.8) is 0 Å². The van der Waals surface area contributed by atoms with Crippen molar-refractivity contribution in [3.8, 4) is 11.5 Å². The Hall–Kier alpha value is -2.87. The minimum atomic E-state index is -0.643. The number of β-amino-alcohol motifs (C(OH)–C–C–N with tert-alkyl or cyclic N) is 1. The van der Waals surface area contributed by atoms with Gasteiger partial charge in [-0.15, -0.1) is 0 Å². The predicted molar refractivity (Wildman–Crippen MR) is 153 cm³/mol. The van der Waals surface area contributed by atoms with Gasteiger partial charge < -0.3 is 25.0 Å². The molecule has 1 unspecified atom stereocenters. The number of likely N-dealkylation sites (tertiary alicyclic amines) is 1. The van der Waals surface area contributed by atoms with E-state index in [0.29, 0.717) is 16.7 Å². The number of aryl methyl sites for hydroxylation is 1. The van der Waals surface area contributed by atoms with E-state index >= 15 is 0 Å². The normalized spacial score (nSPS) is 18.8. The van der Waals surface area contributed by atoms with Crippen LogP contribution in [-0.4, -0.2) is 58.3 Å². The summed E-state index contributed by atoms with van der Waals surface area (Å²) in [5.41, 5.74) is 1.49. The zero-order valence-corrected chi connectivity index (χ0v) is 23.3. The number of ether oxygens (including phenoxy) is 1. The second-order valence-corrected chi connectivity index (χ2v) is 11.7. The molecule has 1 atom stereocenters. The molecule has 0 amide bonds. The van der Waals surface area contributed by atoms with Gasteiger partial charge in [0.1, 0.15) is 23.1 Å². The second-order valence-electron chi connectivity index (χ2n) is 11.2. The smallest absolute Gasteiger partial charge is 0.137 e. The SMILES string of the molecule is Cc1ncc2c(n1)N(CC1CCN(CC(C)(C)O)CC1)CCC2Nc1cccc(Oc2cccc(Cl)c2)c1. The molecule has 1 fully saturated rings. The predicted octanol–water partition coefficient (Wildman–Crippen LogP) is 6.08. The Balaban J connectivity index is 1.25. The van der Waals surface area contributed by atoms with Crippen LogP contribution in [0.15, 0.2) is 54.7 Å². The van der Waals surface area contributed by atoms with Crippen LogP contribution in [0.5, 0.6) is 11.5 Å². The lowest BCUT2D eigenvalue weighted by Crippen LogP contribution is -2.45. The number of nitrogens with zero attached hydrogens (tertiary/aromatic N) is 4. The summed E-state index contributed by atoms with van der Waals surface area (Å²) < 4.78 is 6.04. The van der Waals surface area contributed by atoms with Gasteiger partial charge >= 0.3 is 0 Å². The first-order valence-electron chi connectivity index (χ1n) is 13.5. The van der Waals surface area contributed by atoms with E-state index in [2.05, 4.69) is 26.2 Å². The average molecular weight is 536 g/mol. The van der Waals surface area contributed by atoms with Crippen LogP contribution in [0.4, 0.5) is 11.5 Å². The van der Waals surface area contributed by atoms with Gasteiger partial charge in [-0.25, -0.2) is 9.97 Å². The molecule has 2 N–H and O–H groups in total. The van der Waals surface area contributed by atoms with Crippen molar-refractivity contribution in [3.05, 3.63) is 71.1 Å². The van der Waals surface area contributed by atoms with Gasteiger partial charge in [0.05, 0.1) is 11.6 Å². The second kappa shape index (κ2) is 11.5. The Morgan fingerprint density at radius 1 is 1.05 bits per heavy atom. The molecule has 0 bridgehead atoms. The summed E-state index contributed by atoms with van der Waals surface area (Å²) in [5.74, 6) is 3.94. The van der Waals surface area contributed by atoms with Gasteiger partial charge in [0.25, 0.3) is 0 Å². The van der Waals surface area contributed by atoms with Crippen LogP contribution in [0.1, 0.15) is 50.5 Å². The summed E-state index contributed by atoms with van der Waals surface area (Å²) in [6.07, 6.45) is 5.25. The monoisotopic (exact) mass is 535 g/mol. The van der Waals surface area contributed by atoms with Crippen molar-refractivity contribution in [2.75, 3.05) is 42.9 Å². The Kier molecular flexibility index (Phi) is 8.07. The highest BCUT2D eigenvalue weighted by atomic mass is 35.5. The molecule has 0 spiro atoms. The van der Waals surface area contributed by atoms with Crippen LogP contribution in [-0.2, 0) is 0 Å². The average Bonchev–Trinajstić information content (AvgIpc) is 2.86. The molecule has 2 aromatic carbocycles. The molecule has 5 rings (SSSR count). The highest BCUT2D eigenvalue weighted by Crippen LogP contribution is 2.36. The number of aromatic nitrogens is 2. The zero-order valence-electron chi connectivity index (χ0n) is 22.5. The Bertz CT molecular complexity index is 1240. The van der Waals surface area contributed by atoms with Crippen molar-refractivity contribution in [1.29, 1.82) is 0 Å². The van der Waals surface area contributed by atoms with E-state index in [4.69, 9.17) is 21.3 Å². The molecule has 2 aliphatic heterocycles. The van der Waals surface area contributed by atoms with E-state index in [1.165, 1.54) is 0 Å². The van der Waals surface area contributed by atoms with E-state index in [1.54, 1.807) is 0 Å². The van der Waals surface area contributed by atoms with Gasteiger partial charge in [-0.1, -0.05) is 23.7 Å². The first-order valence-corrected chi connectivity index (χ1v) is 13.9. The first-order chi connectivity index (χ1) is 18.2. The van der Waals surface area contributed by atoms with Crippen LogP contribution >= 0.6 is 11.6 Å². The highest BCUT2D eigenvalue weighted by molar-refractivity contribution is 6.30. The molecule has 8 heteroatoms. The number of aliphatic hydroxyl groups is 1. The number of halogens is 1. The van der Waals surface area contributed by atoms with Crippen LogP contribution in [0, 0.1) is 12.8 Å². The topological polar surface area (TPSA) is 73.8 Å². The lowest BCUT2D eigenvalue weighted by Gasteiger charge is -2.40. The van der Waals surface area contributed by atoms with Crippen LogP contribution in [0.2, 0.25) is 5.02 Å². The molecule has 38 heavy (non-hydrogen) atoms. The van der Waals surface area contributed by atoms with Gasteiger partial charge in [-0.2, -0.15) is 0 Å². The van der Waals surface area contributed by atoms with Crippen molar-refractivity contribution in [2.45, 2.75) is 51.7 Å². The van der Waals surface area contributed by atoms with Crippen LogP contribution < -0.4 is 15.0 Å². The van der Waals surface area contributed by atoms with Gasteiger partial charge in [0, 0.05) is 48.2 Å². The van der Waals surface area contributed by atoms with E-state index in [1.807, 2.05) is 69.4 Å². The molecule has 2 aliphatic rings. The number of piperidine rings is 1. The maximum absolute atomic E-state index is 10.2. The summed E-state index contributed by atoms with van der Waals surface area (Å²) >= 11 is 6.11. The van der Waals surface area contributed by atoms with Crippen molar-refractivity contribution >= 4 is 23.1 Å². The van der Waals surface area contributed by atoms with Gasteiger partial charge in [-0.3, -0.25) is 0 Å². The van der Waals surface area contributed by atoms with Crippen molar-refractivity contribution in [2.24, 2.45) is 5.92 Å². The number of nitrogens with one attached hydrogen (secondary N) is 1. The minimum absolute atomic E-state index is 0.122. The molecule has 0 saturated carbocycles. The van der Waals surface area contributed by atoms with Crippen molar-refractivity contribution in [1.82, 2.24) is 14.9 Å². The number of benzene rings is 2. The van der Waals surface area contributed by atoms with Crippen molar-refractivity contribution < 1.29 is 9.84 Å². The fourth-order valence-corrected chi connectivity index (χ4v) is 5.72. The molecule has 202 valence electrons. The Morgan fingerprint density at radius 2 is 1.79 bits per heavy atom. The number of fused-ring (bicyclic) bond motifs is 1. The summed E-state index contributed by atoms with van der Waals surface area (Å²) in [6.45, 7) is 10.5. The molecule has 3 heterocycles. The standard InChI is InChI=1S/C30H38ClN5O2/c1-21-32-18-27-28(34-24-7-5-9-26(17-24)38-25-8-4-6-23(31)16-25)12-15-36(29(27)33-21)19-22-10-13-35(14-11-22)20-30(2,3)37/h4-9,16-18,22,28,34,37H,10-15,19-20H2,1-3H3. The summed E-state index contributed by atoms with van der Waals surface area (Å²) in [7, 11) is 0. The molecule has 1 saturated heterocycles. The number of rotatable bonds is 8. The van der Waals surface area contributed by atoms with Crippen LogP contribution in [0.25, 0.3) is 0 Å². The van der Waals surface area contributed by atoms with Gasteiger partial charge in [0.15, 0.2) is 0 Å².